The Kier molecular flexibility index (Phi) is 5.81. The number of hydrogen-bond donors (Lipinski definition) is 2. The van der Waals surface area contributed by atoms with Gasteiger partial charge in [0.15, 0.2) is 6.29 Å². The number of fused-ring (bicyclic) bond motifs is 1. The number of nitrogens with one attached hydrogen (secondary N) is 2. The maximum Gasteiger partial charge on any atom is 0.255 e. The standard InChI is InChI=1S/C23H20N4O2S/c1-15-3-2-4-17(11-15)23(29)27-19-6-5-16(12-18(19)13-28)7-9-24-22-21-20(8-10-30-21)25-14-26-22/h2-6,8,10-14H,7,9H2,1H3,(H,27,29)(H,24,25,26). The number of anilines is 2. The zero-order valence-electron chi connectivity index (χ0n) is 16.4. The smallest absolute Gasteiger partial charge is 0.255 e. The molecule has 0 spiro atoms. The van der Waals surface area contributed by atoms with Gasteiger partial charge < -0.3 is 10.6 Å². The number of rotatable bonds is 7. The fraction of sp³-hybridized carbons (Fsp3) is 0.130. The summed E-state index contributed by atoms with van der Waals surface area (Å²) >= 11 is 1.60. The van der Waals surface area contributed by atoms with E-state index in [4.69, 9.17) is 0 Å². The lowest BCUT2D eigenvalue weighted by atomic mass is 10.1. The molecule has 4 aromatic rings. The average Bonchev–Trinajstić information content (AvgIpc) is 3.24. The Bertz CT molecular complexity index is 1220. The van der Waals surface area contributed by atoms with Gasteiger partial charge >= 0.3 is 0 Å². The monoisotopic (exact) mass is 416 g/mol. The van der Waals surface area contributed by atoms with Crippen LogP contribution in [-0.2, 0) is 6.42 Å². The van der Waals surface area contributed by atoms with Crippen LogP contribution in [0.25, 0.3) is 10.2 Å². The van der Waals surface area contributed by atoms with Crippen LogP contribution < -0.4 is 10.6 Å². The lowest BCUT2D eigenvalue weighted by Gasteiger charge is -2.11. The molecule has 0 saturated heterocycles. The minimum Gasteiger partial charge on any atom is -0.368 e. The molecule has 6 nitrogen and oxygen atoms in total. The van der Waals surface area contributed by atoms with Crippen LogP contribution in [0, 0.1) is 6.92 Å². The number of aldehydes is 1. The predicted octanol–water partition coefficient (Wildman–Crippen LogP) is 4.72. The van der Waals surface area contributed by atoms with Crippen molar-refractivity contribution in [2.24, 2.45) is 0 Å². The fourth-order valence-electron chi connectivity index (χ4n) is 3.20. The van der Waals surface area contributed by atoms with Crippen LogP contribution in [0.1, 0.15) is 31.8 Å². The summed E-state index contributed by atoms with van der Waals surface area (Å²) in [6.45, 7) is 2.60. The van der Waals surface area contributed by atoms with Crippen LogP contribution in [-0.4, -0.2) is 28.7 Å². The number of nitrogens with zero attached hydrogens (tertiary/aromatic N) is 2. The molecule has 1 amide bonds. The summed E-state index contributed by atoms with van der Waals surface area (Å²) in [6.07, 6.45) is 3.03. The van der Waals surface area contributed by atoms with Crippen molar-refractivity contribution in [3.05, 3.63) is 82.5 Å². The molecule has 0 atom stereocenters. The highest BCUT2D eigenvalue weighted by Gasteiger charge is 2.10. The minimum absolute atomic E-state index is 0.236. The molecule has 30 heavy (non-hydrogen) atoms. The Morgan fingerprint density at radius 3 is 2.87 bits per heavy atom. The van der Waals surface area contributed by atoms with Crippen LogP contribution in [0.5, 0.6) is 0 Å². The van der Waals surface area contributed by atoms with E-state index < -0.39 is 0 Å². The SMILES string of the molecule is Cc1cccc(C(=O)Nc2ccc(CCNc3ncnc4ccsc34)cc2C=O)c1. The van der Waals surface area contributed by atoms with Crippen molar-refractivity contribution in [1.82, 2.24) is 9.97 Å². The molecule has 150 valence electrons. The molecule has 4 rings (SSSR count). The molecule has 0 aliphatic heterocycles. The van der Waals surface area contributed by atoms with Crippen molar-refractivity contribution in [3.8, 4) is 0 Å². The zero-order chi connectivity index (χ0) is 20.9. The maximum absolute atomic E-state index is 12.5. The molecule has 2 aromatic carbocycles. The summed E-state index contributed by atoms with van der Waals surface area (Å²) in [4.78, 5) is 32.6. The van der Waals surface area contributed by atoms with Gasteiger partial charge in [-0.05, 0) is 54.6 Å². The van der Waals surface area contributed by atoms with Gasteiger partial charge in [-0.15, -0.1) is 11.3 Å². The van der Waals surface area contributed by atoms with E-state index in [1.807, 2.05) is 42.6 Å². The van der Waals surface area contributed by atoms with E-state index in [0.717, 1.165) is 33.4 Å². The first-order chi connectivity index (χ1) is 14.6. The van der Waals surface area contributed by atoms with Crippen molar-refractivity contribution in [2.75, 3.05) is 17.2 Å². The van der Waals surface area contributed by atoms with Crippen molar-refractivity contribution < 1.29 is 9.59 Å². The van der Waals surface area contributed by atoms with Gasteiger partial charge in [0.2, 0.25) is 0 Å². The molecule has 0 aliphatic carbocycles. The van der Waals surface area contributed by atoms with Crippen LogP contribution in [0.2, 0.25) is 0 Å². The highest BCUT2D eigenvalue weighted by molar-refractivity contribution is 7.17. The maximum atomic E-state index is 12.5. The van der Waals surface area contributed by atoms with Gasteiger partial charge in [0, 0.05) is 17.7 Å². The molecule has 0 aliphatic rings. The summed E-state index contributed by atoms with van der Waals surface area (Å²) < 4.78 is 1.03. The number of amides is 1. The number of aryl methyl sites for hydroxylation is 1. The molecule has 7 heteroatoms. The van der Waals surface area contributed by atoms with E-state index in [1.165, 1.54) is 0 Å². The number of aromatic nitrogens is 2. The number of hydrogen-bond acceptors (Lipinski definition) is 6. The highest BCUT2D eigenvalue weighted by atomic mass is 32.1. The molecule has 0 radical (unpaired) electrons. The van der Waals surface area contributed by atoms with Gasteiger partial charge in [-0.25, -0.2) is 9.97 Å². The van der Waals surface area contributed by atoms with Gasteiger partial charge in [-0.1, -0.05) is 23.8 Å². The van der Waals surface area contributed by atoms with E-state index in [9.17, 15) is 9.59 Å². The lowest BCUT2D eigenvalue weighted by Crippen LogP contribution is -2.14. The van der Waals surface area contributed by atoms with Gasteiger partial charge in [-0.3, -0.25) is 9.59 Å². The summed E-state index contributed by atoms with van der Waals surface area (Å²) in [7, 11) is 0. The van der Waals surface area contributed by atoms with Crippen LogP contribution in [0.15, 0.2) is 60.2 Å². The summed E-state index contributed by atoms with van der Waals surface area (Å²) in [5.41, 5.74) is 4.44. The molecule has 0 saturated carbocycles. The van der Waals surface area contributed by atoms with E-state index in [2.05, 4.69) is 20.6 Å². The third-order valence-corrected chi connectivity index (χ3v) is 5.63. The van der Waals surface area contributed by atoms with Crippen LogP contribution in [0.3, 0.4) is 0 Å². The predicted molar refractivity (Wildman–Crippen MR) is 121 cm³/mol. The first-order valence-electron chi connectivity index (χ1n) is 9.52. The molecule has 0 bridgehead atoms. The third-order valence-electron chi connectivity index (χ3n) is 4.72. The Morgan fingerprint density at radius 1 is 1.13 bits per heavy atom. The van der Waals surface area contributed by atoms with E-state index in [1.54, 1.807) is 35.9 Å². The van der Waals surface area contributed by atoms with Crippen molar-refractivity contribution >= 4 is 45.3 Å². The quantitative estimate of drug-likeness (QED) is 0.426. The number of carbonyl (C=O) groups is 2. The Hall–Kier alpha value is -3.58. The van der Waals surface area contributed by atoms with Gasteiger partial charge in [0.25, 0.3) is 5.91 Å². The molecule has 0 fully saturated rings. The van der Waals surface area contributed by atoms with Gasteiger partial charge in [0.05, 0.1) is 15.9 Å². The molecule has 2 N–H and O–H groups in total. The zero-order valence-corrected chi connectivity index (χ0v) is 17.2. The second-order valence-electron chi connectivity index (χ2n) is 6.90. The van der Waals surface area contributed by atoms with Gasteiger partial charge in [0.1, 0.15) is 12.1 Å². The summed E-state index contributed by atoms with van der Waals surface area (Å²) in [5.74, 6) is 0.576. The van der Waals surface area contributed by atoms with Gasteiger partial charge in [-0.2, -0.15) is 0 Å². The lowest BCUT2D eigenvalue weighted by molar-refractivity contribution is 0.102. The third kappa shape index (κ3) is 4.36. The number of benzene rings is 2. The molecule has 2 aromatic heterocycles. The number of thiophene rings is 1. The normalized spacial score (nSPS) is 10.7. The van der Waals surface area contributed by atoms with Crippen molar-refractivity contribution in [1.29, 1.82) is 0 Å². The second kappa shape index (κ2) is 8.84. The molecular formula is C23H20N4O2S. The minimum atomic E-state index is -0.236. The van der Waals surface area contributed by atoms with E-state index in [0.29, 0.717) is 29.8 Å². The summed E-state index contributed by atoms with van der Waals surface area (Å²) in [6, 6.07) is 14.8. The fourth-order valence-corrected chi connectivity index (χ4v) is 4.01. The molecule has 0 unspecified atom stereocenters. The first kappa shape index (κ1) is 19.7. The van der Waals surface area contributed by atoms with E-state index in [-0.39, 0.29) is 5.91 Å². The van der Waals surface area contributed by atoms with Crippen LogP contribution in [0.4, 0.5) is 11.5 Å². The Balaban J connectivity index is 1.42. The highest BCUT2D eigenvalue weighted by Crippen LogP contribution is 2.25. The van der Waals surface area contributed by atoms with Crippen LogP contribution >= 0.6 is 11.3 Å². The Morgan fingerprint density at radius 2 is 2.03 bits per heavy atom. The van der Waals surface area contributed by atoms with Crippen molar-refractivity contribution in [2.45, 2.75) is 13.3 Å². The molecule has 2 heterocycles. The van der Waals surface area contributed by atoms with E-state index >= 15 is 0 Å². The second-order valence-corrected chi connectivity index (χ2v) is 7.81. The largest absolute Gasteiger partial charge is 0.368 e. The topological polar surface area (TPSA) is 84.0 Å². The number of carbonyl (C=O) groups excluding carboxylic acids is 2. The summed E-state index contributed by atoms with van der Waals surface area (Å²) in [5, 5.41) is 8.16. The Labute approximate surface area is 178 Å². The first-order valence-corrected chi connectivity index (χ1v) is 10.4. The average molecular weight is 417 g/mol. The molecular weight excluding hydrogens is 396 g/mol. The van der Waals surface area contributed by atoms with Crippen molar-refractivity contribution in [3.63, 3.8) is 0 Å².